The predicted octanol–water partition coefficient (Wildman–Crippen LogP) is 7.18. The molecule has 0 bridgehead atoms. The van der Waals surface area contributed by atoms with Gasteiger partial charge in [0.2, 0.25) is 5.88 Å². The lowest BCUT2D eigenvalue weighted by molar-refractivity contribution is -0.181. The van der Waals surface area contributed by atoms with E-state index in [9.17, 15) is 36.3 Å². The maximum absolute atomic E-state index is 14.2. The maximum atomic E-state index is 14.2. The molecular weight excluding hydrogens is 681 g/mol. The number of aromatic nitrogens is 2. The van der Waals surface area contributed by atoms with Crippen LogP contribution in [0.15, 0.2) is 35.1 Å². The van der Waals surface area contributed by atoms with Gasteiger partial charge in [0, 0.05) is 55.9 Å². The molecule has 0 unspecified atom stereocenters. The van der Waals surface area contributed by atoms with E-state index in [1.54, 1.807) is 47.6 Å². The van der Waals surface area contributed by atoms with Crippen LogP contribution in [0.5, 0.6) is 0 Å². The minimum atomic E-state index is -4.53. The first-order valence-corrected chi connectivity index (χ1v) is 16.6. The molecule has 278 valence electrons. The molecule has 2 aliphatic rings. The standard InChI is InChI=1S/C35H42F5N5O6/c1-32(2,3)50-27(47)11-20-9-23(35(38,39)40)17-45(16-20)24-7-8-41-14-22(24)12-25(46)28-29-26(49-30(28)43-31(48)51-33(4,5)6)10-21(13-42-29)15-44-18-34(36,37)19-44/h7-8,10,13-14,20,23H,9,11-12,15-19H2,1-6H3,(H,43,48)/t20-,23-/m1/s1. The van der Waals surface area contributed by atoms with Gasteiger partial charge in [-0.05, 0) is 71.6 Å². The van der Waals surface area contributed by atoms with Crippen LogP contribution in [0.3, 0.4) is 0 Å². The lowest BCUT2D eigenvalue weighted by atomic mass is 9.86. The van der Waals surface area contributed by atoms with Gasteiger partial charge in [-0.2, -0.15) is 13.2 Å². The van der Waals surface area contributed by atoms with Crippen molar-refractivity contribution in [3.05, 3.63) is 47.4 Å². The summed E-state index contributed by atoms with van der Waals surface area (Å²) in [6.07, 6.45) is -2.07. The Balaban J connectivity index is 1.44. The highest BCUT2D eigenvalue weighted by molar-refractivity contribution is 6.12. The molecule has 0 aromatic carbocycles. The number of piperidine rings is 1. The smallest absolute Gasteiger partial charge is 0.414 e. The lowest BCUT2D eigenvalue weighted by Crippen LogP contribution is -2.55. The summed E-state index contributed by atoms with van der Waals surface area (Å²) in [4.78, 5) is 51.0. The quantitative estimate of drug-likeness (QED) is 0.138. The molecule has 2 atom stereocenters. The van der Waals surface area contributed by atoms with E-state index < -0.39 is 72.6 Å². The second kappa shape index (κ2) is 14.0. The van der Waals surface area contributed by atoms with Gasteiger partial charge >= 0.3 is 18.2 Å². The number of fused-ring (bicyclic) bond motifs is 1. The number of rotatable bonds is 9. The Labute approximate surface area is 291 Å². The fraction of sp³-hybridized carbons (Fsp3) is 0.571. The monoisotopic (exact) mass is 723 g/mol. The molecule has 2 aliphatic heterocycles. The van der Waals surface area contributed by atoms with E-state index in [1.807, 2.05) is 0 Å². The molecule has 0 spiro atoms. The van der Waals surface area contributed by atoms with E-state index in [1.165, 1.54) is 34.5 Å². The van der Waals surface area contributed by atoms with Gasteiger partial charge in [-0.3, -0.25) is 29.8 Å². The summed E-state index contributed by atoms with van der Waals surface area (Å²) in [5.74, 6) is -6.64. The van der Waals surface area contributed by atoms with Gasteiger partial charge in [-0.25, -0.2) is 13.6 Å². The average Bonchev–Trinajstić information content (AvgIpc) is 3.30. The van der Waals surface area contributed by atoms with E-state index in [0.29, 0.717) is 16.8 Å². The number of Topliss-reactive ketones (excluding diaryl/α,β-unsaturated/α-hetero) is 1. The molecule has 3 aromatic rings. The van der Waals surface area contributed by atoms with Crippen LogP contribution in [0, 0.1) is 11.8 Å². The van der Waals surface area contributed by atoms with Crippen molar-refractivity contribution >= 4 is 40.5 Å². The highest BCUT2D eigenvalue weighted by Crippen LogP contribution is 2.40. The van der Waals surface area contributed by atoms with Crippen molar-refractivity contribution in [1.82, 2.24) is 14.9 Å². The van der Waals surface area contributed by atoms with Crippen LogP contribution in [0.25, 0.3) is 11.1 Å². The Morgan fingerprint density at radius 1 is 1.02 bits per heavy atom. The third kappa shape index (κ3) is 9.92. The van der Waals surface area contributed by atoms with E-state index in [2.05, 4.69) is 15.3 Å². The first-order valence-electron chi connectivity index (χ1n) is 16.6. The van der Waals surface area contributed by atoms with Crippen LogP contribution in [0.2, 0.25) is 0 Å². The minimum absolute atomic E-state index is 0.0849. The third-order valence-corrected chi connectivity index (χ3v) is 8.24. The molecule has 5 heterocycles. The van der Waals surface area contributed by atoms with Gasteiger partial charge in [0.25, 0.3) is 5.92 Å². The number of carbonyl (C=O) groups is 3. The fourth-order valence-corrected chi connectivity index (χ4v) is 6.36. The van der Waals surface area contributed by atoms with Crippen LogP contribution in [0.1, 0.15) is 75.9 Å². The number of halogens is 5. The number of ketones is 1. The van der Waals surface area contributed by atoms with Crippen molar-refractivity contribution in [3.63, 3.8) is 0 Å². The van der Waals surface area contributed by atoms with Crippen molar-refractivity contribution in [2.45, 2.75) is 90.7 Å². The number of anilines is 2. The van der Waals surface area contributed by atoms with Gasteiger partial charge in [0.15, 0.2) is 11.4 Å². The van der Waals surface area contributed by atoms with Crippen LogP contribution < -0.4 is 10.2 Å². The van der Waals surface area contributed by atoms with E-state index >= 15 is 0 Å². The second-order valence-corrected chi connectivity index (χ2v) is 15.3. The molecule has 0 saturated carbocycles. The second-order valence-electron chi connectivity index (χ2n) is 15.3. The van der Waals surface area contributed by atoms with E-state index in [-0.39, 0.29) is 54.9 Å². The third-order valence-electron chi connectivity index (χ3n) is 8.24. The van der Waals surface area contributed by atoms with E-state index in [4.69, 9.17) is 13.9 Å². The SMILES string of the molecule is CC(C)(C)OC(=O)C[C@H]1C[C@@H](C(F)(F)F)CN(c2ccncc2CC(=O)c2c(NC(=O)OC(C)(C)C)oc3cc(CN4CC(F)(F)C4)cnc23)C1. The van der Waals surface area contributed by atoms with Crippen molar-refractivity contribution in [2.24, 2.45) is 11.8 Å². The van der Waals surface area contributed by atoms with Crippen LogP contribution in [-0.2, 0) is 27.2 Å². The molecule has 51 heavy (non-hydrogen) atoms. The summed E-state index contributed by atoms with van der Waals surface area (Å²) in [6.45, 7) is 9.03. The summed E-state index contributed by atoms with van der Waals surface area (Å²) in [6, 6.07) is 3.06. The Kier molecular flexibility index (Phi) is 10.4. The number of ether oxygens (including phenoxy) is 2. The molecule has 11 nitrogen and oxygen atoms in total. The first-order chi connectivity index (χ1) is 23.5. The molecular formula is C35H42F5N5O6. The highest BCUT2D eigenvalue weighted by atomic mass is 19.4. The predicted molar refractivity (Wildman–Crippen MR) is 177 cm³/mol. The molecule has 2 fully saturated rings. The number of carbonyl (C=O) groups excluding carboxylic acids is 3. The number of hydrogen-bond acceptors (Lipinski definition) is 10. The maximum Gasteiger partial charge on any atom is 0.414 e. The number of likely N-dealkylation sites (tertiary alicyclic amines) is 1. The Morgan fingerprint density at radius 2 is 1.71 bits per heavy atom. The molecule has 0 aliphatic carbocycles. The molecule has 5 rings (SSSR count). The van der Waals surface area contributed by atoms with Gasteiger partial charge < -0.3 is 18.8 Å². The summed E-state index contributed by atoms with van der Waals surface area (Å²) in [5, 5.41) is 2.46. The van der Waals surface area contributed by atoms with Crippen molar-refractivity contribution in [2.75, 3.05) is 36.4 Å². The first kappa shape index (κ1) is 37.9. The van der Waals surface area contributed by atoms with Crippen LogP contribution in [0.4, 0.5) is 38.3 Å². The molecule has 16 heteroatoms. The zero-order valence-corrected chi connectivity index (χ0v) is 29.3. The molecule has 0 radical (unpaired) electrons. The summed E-state index contributed by atoms with van der Waals surface area (Å²) in [5.41, 5.74) is -0.440. The zero-order chi connectivity index (χ0) is 37.5. The Hall–Kier alpha value is -4.34. The number of nitrogens with one attached hydrogen (secondary N) is 1. The average molecular weight is 724 g/mol. The number of pyridine rings is 2. The normalized spacial score (nSPS) is 19.8. The largest absolute Gasteiger partial charge is 0.460 e. The number of hydrogen-bond donors (Lipinski definition) is 1. The Bertz CT molecular complexity index is 1770. The summed E-state index contributed by atoms with van der Waals surface area (Å²) < 4.78 is 85.9. The molecule has 1 N–H and O–H groups in total. The number of nitrogens with zero attached hydrogens (tertiary/aromatic N) is 4. The van der Waals surface area contributed by atoms with Crippen molar-refractivity contribution in [3.8, 4) is 0 Å². The number of alkyl halides is 5. The zero-order valence-electron chi connectivity index (χ0n) is 29.3. The van der Waals surface area contributed by atoms with Gasteiger partial charge in [-0.1, -0.05) is 0 Å². The summed E-state index contributed by atoms with van der Waals surface area (Å²) >= 11 is 0. The van der Waals surface area contributed by atoms with Crippen LogP contribution in [-0.4, -0.2) is 82.2 Å². The molecule has 1 amide bonds. The van der Waals surface area contributed by atoms with Crippen molar-refractivity contribution < 1.29 is 50.2 Å². The minimum Gasteiger partial charge on any atom is -0.460 e. The molecule has 2 saturated heterocycles. The fourth-order valence-electron chi connectivity index (χ4n) is 6.36. The number of esters is 1. The molecule has 3 aromatic heterocycles. The lowest BCUT2D eigenvalue weighted by Gasteiger charge is -2.40. The van der Waals surface area contributed by atoms with Gasteiger partial charge in [-0.15, -0.1) is 0 Å². The van der Waals surface area contributed by atoms with Crippen LogP contribution >= 0.6 is 0 Å². The number of furan rings is 1. The topological polar surface area (TPSA) is 127 Å². The van der Waals surface area contributed by atoms with Crippen molar-refractivity contribution in [1.29, 1.82) is 0 Å². The number of amides is 1. The van der Waals surface area contributed by atoms with E-state index in [0.717, 1.165) is 0 Å². The summed E-state index contributed by atoms with van der Waals surface area (Å²) in [7, 11) is 0. The van der Waals surface area contributed by atoms with Gasteiger partial charge in [0.1, 0.15) is 22.3 Å². The van der Waals surface area contributed by atoms with Gasteiger partial charge in [0.05, 0.1) is 25.4 Å². The Morgan fingerprint density at radius 3 is 2.33 bits per heavy atom. The highest BCUT2D eigenvalue weighted by Gasteiger charge is 2.46.